The molecule has 0 spiro atoms. The Labute approximate surface area is 173 Å². The quantitative estimate of drug-likeness (QED) is 0.381. The number of hydrogen-bond acceptors (Lipinski definition) is 6. The average Bonchev–Trinajstić information content (AvgIpc) is 2.67. The molecule has 31 heavy (non-hydrogen) atoms. The van der Waals surface area contributed by atoms with Gasteiger partial charge in [0.1, 0.15) is 17.1 Å². The SMILES string of the molecule is CCS(=O)(=O)CC(O)(C(=O)Nc1cc(C(F)(F)F)c(C#N)[n+]([O-])c1)c1ccc(F)cc1. The topological polar surface area (TPSA) is 134 Å². The van der Waals surface area contributed by atoms with Crippen LogP contribution in [0.2, 0.25) is 0 Å². The summed E-state index contributed by atoms with van der Waals surface area (Å²) < 4.78 is 76.4. The number of pyridine rings is 1. The van der Waals surface area contributed by atoms with E-state index in [0.29, 0.717) is 12.3 Å². The van der Waals surface area contributed by atoms with Crippen LogP contribution in [-0.2, 0) is 26.4 Å². The molecular formula is C18H15F4N3O5S. The first-order valence-corrected chi connectivity index (χ1v) is 10.3. The summed E-state index contributed by atoms with van der Waals surface area (Å²) in [5.41, 5.74) is -6.83. The van der Waals surface area contributed by atoms with E-state index in [0.717, 1.165) is 30.3 Å². The van der Waals surface area contributed by atoms with Crippen molar-refractivity contribution in [2.45, 2.75) is 18.7 Å². The van der Waals surface area contributed by atoms with Crippen molar-refractivity contribution in [3.8, 4) is 6.07 Å². The number of halogens is 4. The van der Waals surface area contributed by atoms with Gasteiger partial charge in [-0.05, 0) is 23.8 Å². The number of nitriles is 1. The third-order valence-corrected chi connectivity index (χ3v) is 6.00. The highest BCUT2D eigenvalue weighted by Crippen LogP contribution is 2.33. The summed E-state index contributed by atoms with van der Waals surface area (Å²) in [4.78, 5) is 12.8. The molecule has 1 aromatic heterocycles. The molecule has 1 aromatic carbocycles. The van der Waals surface area contributed by atoms with Crippen molar-refractivity contribution in [1.29, 1.82) is 5.26 Å². The molecule has 0 saturated carbocycles. The van der Waals surface area contributed by atoms with E-state index in [9.17, 15) is 41.1 Å². The molecule has 0 aliphatic heterocycles. The summed E-state index contributed by atoms with van der Waals surface area (Å²) in [5.74, 6) is -3.86. The molecule has 0 radical (unpaired) electrons. The summed E-state index contributed by atoms with van der Waals surface area (Å²) in [6, 6.07) is 4.97. The average molecular weight is 461 g/mol. The molecule has 2 aromatic rings. The van der Waals surface area contributed by atoms with E-state index < -0.39 is 66.5 Å². The number of carbonyl (C=O) groups excluding carboxylic acids is 1. The maximum atomic E-state index is 13.2. The normalized spacial score (nSPS) is 13.8. The molecule has 166 valence electrons. The Morgan fingerprint density at radius 3 is 2.35 bits per heavy atom. The molecule has 1 heterocycles. The number of rotatable bonds is 6. The highest BCUT2D eigenvalue weighted by Gasteiger charge is 2.43. The van der Waals surface area contributed by atoms with Crippen molar-refractivity contribution in [2.75, 3.05) is 16.8 Å². The molecule has 0 aliphatic carbocycles. The number of amides is 1. The van der Waals surface area contributed by atoms with Gasteiger partial charge in [0.15, 0.2) is 21.5 Å². The summed E-state index contributed by atoms with van der Waals surface area (Å²) in [7, 11) is -4.02. The number of benzene rings is 1. The highest BCUT2D eigenvalue weighted by molar-refractivity contribution is 7.91. The van der Waals surface area contributed by atoms with Gasteiger partial charge in [-0.1, -0.05) is 19.1 Å². The lowest BCUT2D eigenvalue weighted by molar-refractivity contribution is -0.608. The summed E-state index contributed by atoms with van der Waals surface area (Å²) >= 11 is 0. The lowest BCUT2D eigenvalue weighted by Crippen LogP contribution is -2.46. The third kappa shape index (κ3) is 5.28. The Kier molecular flexibility index (Phi) is 6.57. The second kappa shape index (κ2) is 8.48. The van der Waals surface area contributed by atoms with Crippen LogP contribution >= 0.6 is 0 Å². The van der Waals surface area contributed by atoms with E-state index in [2.05, 4.69) is 0 Å². The summed E-state index contributed by atoms with van der Waals surface area (Å²) in [6.07, 6.45) is -4.66. The largest absolute Gasteiger partial charge is 0.618 e. The Morgan fingerprint density at radius 1 is 1.29 bits per heavy atom. The number of carbonyl (C=O) groups is 1. The van der Waals surface area contributed by atoms with Crippen molar-refractivity contribution in [1.82, 2.24) is 0 Å². The number of anilines is 1. The second-order valence-corrected chi connectivity index (χ2v) is 8.78. The molecule has 0 bridgehead atoms. The van der Waals surface area contributed by atoms with Crippen molar-refractivity contribution >= 4 is 21.4 Å². The van der Waals surface area contributed by atoms with Crippen LogP contribution in [0.1, 0.15) is 23.7 Å². The van der Waals surface area contributed by atoms with Crippen LogP contribution in [0.3, 0.4) is 0 Å². The van der Waals surface area contributed by atoms with E-state index in [4.69, 9.17) is 5.26 Å². The van der Waals surface area contributed by atoms with Gasteiger partial charge >= 0.3 is 11.9 Å². The molecule has 1 atom stereocenters. The molecule has 13 heteroatoms. The maximum absolute atomic E-state index is 13.2. The van der Waals surface area contributed by atoms with Gasteiger partial charge in [-0.25, -0.2) is 12.8 Å². The van der Waals surface area contributed by atoms with Crippen molar-refractivity contribution in [3.05, 3.63) is 64.4 Å². The standard InChI is InChI=1S/C18H15F4N3O5S/c1-2-31(29,30)10-17(27,11-3-5-12(19)6-4-11)16(26)24-13-7-14(18(20,21)22)15(8-23)25(28)9-13/h3-7,9,27H,2,10H2,1H3,(H,24,26). The first-order chi connectivity index (χ1) is 14.2. The van der Waals surface area contributed by atoms with Gasteiger partial charge in [0.2, 0.25) is 6.20 Å². The van der Waals surface area contributed by atoms with E-state index in [1.165, 1.54) is 6.92 Å². The minimum Gasteiger partial charge on any atom is -0.618 e. The molecule has 0 fully saturated rings. The second-order valence-electron chi connectivity index (χ2n) is 6.42. The Morgan fingerprint density at radius 2 is 1.87 bits per heavy atom. The van der Waals surface area contributed by atoms with E-state index in [1.54, 1.807) is 0 Å². The molecule has 0 saturated heterocycles. The lowest BCUT2D eigenvalue weighted by atomic mass is 9.94. The first-order valence-electron chi connectivity index (χ1n) is 8.48. The predicted molar refractivity (Wildman–Crippen MR) is 98.4 cm³/mol. The van der Waals surface area contributed by atoms with Crippen LogP contribution in [-0.4, -0.2) is 30.9 Å². The van der Waals surface area contributed by atoms with Crippen LogP contribution in [0.15, 0.2) is 36.5 Å². The maximum Gasteiger partial charge on any atom is 0.423 e. The van der Waals surface area contributed by atoms with Gasteiger partial charge in [0.25, 0.3) is 5.91 Å². The first kappa shape index (κ1) is 24.0. The van der Waals surface area contributed by atoms with Crippen LogP contribution in [0.5, 0.6) is 0 Å². The highest BCUT2D eigenvalue weighted by atomic mass is 32.2. The predicted octanol–water partition coefficient (Wildman–Crippen LogP) is 1.61. The van der Waals surface area contributed by atoms with Gasteiger partial charge in [-0.15, -0.1) is 0 Å². The minimum atomic E-state index is -5.11. The van der Waals surface area contributed by atoms with Gasteiger partial charge < -0.3 is 15.6 Å². The molecular weight excluding hydrogens is 446 g/mol. The van der Waals surface area contributed by atoms with Crippen LogP contribution in [0.4, 0.5) is 23.2 Å². The molecule has 1 amide bonds. The molecule has 0 aliphatic rings. The fourth-order valence-electron chi connectivity index (χ4n) is 2.63. The minimum absolute atomic E-state index is 0.296. The van der Waals surface area contributed by atoms with Crippen molar-refractivity contribution in [2.24, 2.45) is 0 Å². The Hall–Kier alpha value is -3.24. The van der Waals surface area contributed by atoms with E-state index in [1.807, 2.05) is 5.32 Å². The lowest BCUT2D eigenvalue weighted by Gasteiger charge is -2.27. The number of aromatic nitrogens is 1. The zero-order valence-electron chi connectivity index (χ0n) is 15.8. The Balaban J connectivity index is 2.56. The van der Waals surface area contributed by atoms with E-state index in [-0.39, 0.29) is 5.56 Å². The van der Waals surface area contributed by atoms with Crippen molar-refractivity contribution in [3.63, 3.8) is 0 Å². The third-order valence-electron chi connectivity index (χ3n) is 4.27. The molecule has 8 nitrogen and oxygen atoms in total. The van der Waals surface area contributed by atoms with Gasteiger partial charge in [0.05, 0.1) is 5.75 Å². The fourth-order valence-corrected chi connectivity index (χ4v) is 3.76. The number of aliphatic hydroxyl groups is 1. The summed E-state index contributed by atoms with van der Waals surface area (Å²) in [5, 5.41) is 33.4. The zero-order chi connectivity index (χ0) is 23.6. The number of sulfone groups is 1. The van der Waals surface area contributed by atoms with Crippen molar-refractivity contribution < 1.29 is 40.6 Å². The van der Waals surface area contributed by atoms with Gasteiger partial charge in [-0.2, -0.15) is 23.2 Å². The number of alkyl halides is 3. The smallest absolute Gasteiger partial charge is 0.423 e. The molecule has 2 N–H and O–H groups in total. The van der Waals surface area contributed by atoms with Gasteiger partial charge in [-0.3, -0.25) is 4.79 Å². The zero-order valence-corrected chi connectivity index (χ0v) is 16.6. The molecule has 1 unspecified atom stereocenters. The number of nitrogens with one attached hydrogen (secondary N) is 1. The number of nitrogens with zero attached hydrogens (tertiary/aromatic N) is 2. The van der Waals surface area contributed by atoms with Crippen LogP contribution in [0.25, 0.3) is 0 Å². The molecule has 2 rings (SSSR count). The van der Waals surface area contributed by atoms with Gasteiger partial charge in [0, 0.05) is 5.75 Å². The number of hydrogen-bond donors (Lipinski definition) is 2. The monoisotopic (exact) mass is 461 g/mol. The van der Waals surface area contributed by atoms with E-state index >= 15 is 0 Å². The Bertz CT molecular complexity index is 1140. The fraction of sp³-hybridized carbons (Fsp3) is 0.278. The van der Waals surface area contributed by atoms with Crippen LogP contribution in [0, 0.1) is 22.4 Å². The van der Waals surface area contributed by atoms with Crippen LogP contribution < -0.4 is 10.0 Å². The summed E-state index contributed by atoms with van der Waals surface area (Å²) in [6.45, 7) is 1.24.